The van der Waals surface area contributed by atoms with Gasteiger partial charge in [-0.3, -0.25) is 14.4 Å². The highest BCUT2D eigenvalue weighted by molar-refractivity contribution is 5.90. The molecular weight excluding hydrogens is 316 g/mol. The van der Waals surface area contributed by atoms with Crippen molar-refractivity contribution in [2.24, 2.45) is 11.8 Å². The Hall–Kier alpha value is -1.89. The van der Waals surface area contributed by atoms with Crippen LogP contribution in [-0.4, -0.2) is 22.6 Å². The van der Waals surface area contributed by atoms with Crippen molar-refractivity contribution in [1.82, 2.24) is 0 Å². The third-order valence-corrected chi connectivity index (χ3v) is 4.60. The van der Waals surface area contributed by atoms with E-state index in [1.165, 1.54) is 6.42 Å². The van der Waals surface area contributed by atoms with E-state index >= 15 is 0 Å². The van der Waals surface area contributed by atoms with Crippen molar-refractivity contribution in [2.75, 3.05) is 0 Å². The minimum atomic E-state index is -0.808. The first-order valence-corrected chi connectivity index (χ1v) is 9.45. The zero-order valence-electron chi connectivity index (χ0n) is 15.3. The lowest BCUT2D eigenvalue weighted by molar-refractivity contribution is -0.137. The van der Waals surface area contributed by atoms with E-state index in [2.05, 4.69) is 18.8 Å². The van der Waals surface area contributed by atoms with Gasteiger partial charge in [-0.15, -0.1) is 11.8 Å². The van der Waals surface area contributed by atoms with Gasteiger partial charge in [-0.25, -0.2) is 0 Å². The molecule has 0 aromatic rings. The van der Waals surface area contributed by atoms with Crippen LogP contribution < -0.4 is 0 Å². The van der Waals surface area contributed by atoms with Gasteiger partial charge in [0.25, 0.3) is 0 Å². The van der Waals surface area contributed by atoms with Crippen molar-refractivity contribution in [2.45, 2.75) is 77.6 Å². The molecule has 4 nitrogen and oxygen atoms in total. The number of rotatable bonds is 11. The molecule has 0 aromatic heterocycles. The molecule has 2 atom stereocenters. The van der Waals surface area contributed by atoms with Gasteiger partial charge in [0, 0.05) is 38.0 Å². The normalized spacial score (nSPS) is 19.8. The quantitative estimate of drug-likeness (QED) is 0.343. The minimum Gasteiger partial charge on any atom is -0.481 e. The molecule has 1 N–H and O–H groups in total. The lowest BCUT2D eigenvalue weighted by Crippen LogP contribution is -2.12. The van der Waals surface area contributed by atoms with Gasteiger partial charge < -0.3 is 5.11 Å². The van der Waals surface area contributed by atoms with Crippen molar-refractivity contribution < 1.29 is 19.5 Å². The fourth-order valence-corrected chi connectivity index (χ4v) is 3.07. The van der Waals surface area contributed by atoms with Crippen LogP contribution >= 0.6 is 0 Å². The number of Topliss-reactive ketones (excluding diaryl/α,β-unsaturated/α-hetero) is 1. The second kappa shape index (κ2) is 12.5. The smallest absolute Gasteiger partial charge is 0.303 e. The molecule has 1 rings (SSSR count). The molecule has 0 spiro atoms. The molecule has 1 saturated carbocycles. The van der Waals surface area contributed by atoms with E-state index in [4.69, 9.17) is 5.11 Å². The predicted molar refractivity (Wildman–Crippen MR) is 98.0 cm³/mol. The Morgan fingerprint density at radius 1 is 1.16 bits per heavy atom. The van der Waals surface area contributed by atoms with Crippen molar-refractivity contribution >= 4 is 17.5 Å². The Bertz CT molecular complexity index is 536. The van der Waals surface area contributed by atoms with Crippen LogP contribution in [0, 0.1) is 23.7 Å². The van der Waals surface area contributed by atoms with E-state index in [1.807, 2.05) is 6.08 Å². The molecule has 0 bridgehead atoms. The summed E-state index contributed by atoms with van der Waals surface area (Å²) in [7, 11) is 0. The molecule has 138 valence electrons. The maximum Gasteiger partial charge on any atom is 0.303 e. The first kappa shape index (κ1) is 21.2. The summed E-state index contributed by atoms with van der Waals surface area (Å²) < 4.78 is 0. The molecule has 25 heavy (non-hydrogen) atoms. The van der Waals surface area contributed by atoms with E-state index < -0.39 is 5.97 Å². The number of aliphatic carboxylic acids is 1. The Morgan fingerprint density at radius 2 is 1.96 bits per heavy atom. The van der Waals surface area contributed by atoms with Crippen LogP contribution in [0.2, 0.25) is 0 Å². The second-order valence-corrected chi connectivity index (χ2v) is 6.72. The summed E-state index contributed by atoms with van der Waals surface area (Å²) in [5.41, 5.74) is 0. The second-order valence-electron chi connectivity index (χ2n) is 6.72. The van der Waals surface area contributed by atoms with Gasteiger partial charge in [0.15, 0.2) is 5.78 Å². The minimum absolute atomic E-state index is 0.111. The van der Waals surface area contributed by atoms with E-state index in [0.717, 1.165) is 25.7 Å². The fourth-order valence-electron chi connectivity index (χ4n) is 3.07. The van der Waals surface area contributed by atoms with Crippen LogP contribution in [-0.2, 0) is 14.4 Å². The Labute approximate surface area is 151 Å². The number of carbonyl (C=O) groups is 3. The van der Waals surface area contributed by atoms with Crippen LogP contribution in [0.4, 0.5) is 0 Å². The Kier molecular flexibility index (Phi) is 10.6. The predicted octanol–water partition coefficient (Wildman–Crippen LogP) is 4.33. The summed E-state index contributed by atoms with van der Waals surface area (Å²) in [6.45, 7) is 2.15. The van der Waals surface area contributed by atoms with Gasteiger partial charge in [-0.05, 0) is 31.3 Å². The third-order valence-electron chi connectivity index (χ3n) is 4.60. The zero-order valence-corrected chi connectivity index (χ0v) is 15.3. The number of ketones is 2. The summed E-state index contributed by atoms with van der Waals surface area (Å²) in [5, 5.41) is 8.57. The van der Waals surface area contributed by atoms with Gasteiger partial charge >= 0.3 is 5.97 Å². The molecule has 0 aliphatic heterocycles. The molecule has 0 aromatic carbocycles. The zero-order chi connectivity index (χ0) is 18.5. The van der Waals surface area contributed by atoms with Crippen molar-refractivity contribution in [3.05, 3.63) is 12.2 Å². The summed E-state index contributed by atoms with van der Waals surface area (Å²) in [6, 6.07) is 0. The largest absolute Gasteiger partial charge is 0.481 e. The fraction of sp³-hybridized carbons (Fsp3) is 0.667. The Morgan fingerprint density at radius 3 is 2.68 bits per heavy atom. The van der Waals surface area contributed by atoms with E-state index in [9.17, 15) is 14.4 Å². The highest BCUT2D eigenvalue weighted by Crippen LogP contribution is 2.32. The van der Waals surface area contributed by atoms with Crippen LogP contribution in [0.5, 0.6) is 0 Å². The number of carboxylic acid groups (broad SMARTS) is 1. The molecule has 0 amide bonds. The highest BCUT2D eigenvalue weighted by Gasteiger charge is 2.32. The van der Waals surface area contributed by atoms with Gasteiger partial charge in [-0.1, -0.05) is 32.3 Å². The standard InChI is InChI=1S/C21H30O4/c1-2-3-4-7-10-18(22)15-13-17-14-16-20(23)19(17)11-8-5-6-9-12-21(24)25/h13,15,17,19H,2-4,6-7,9-12,14,16H2,1H3,(H,24,25). The monoisotopic (exact) mass is 346 g/mol. The molecular formula is C21H30O4. The molecule has 0 heterocycles. The van der Waals surface area contributed by atoms with Crippen molar-refractivity contribution in [3.8, 4) is 11.8 Å². The number of hydrogen-bond donors (Lipinski definition) is 1. The number of carboxylic acids is 1. The number of unbranched alkanes of at least 4 members (excludes halogenated alkanes) is 4. The molecule has 0 saturated heterocycles. The highest BCUT2D eigenvalue weighted by atomic mass is 16.4. The van der Waals surface area contributed by atoms with Crippen LogP contribution in [0.1, 0.15) is 77.6 Å². The van der Waals surface area contributed by atoms with Crippen LogP contribution in [0.15, 0.2) is 12.2 Å². The van der Waals surface area contributed by atoms with Crippen molar-refractivity contribution in [3.63, 3.8) is 0 Å². The molecule has 2 unspecified atom stereocenters. The maximum atomic E-state index is 12.0. The molecule has 4 heteroatoms. The van der Waals surface area contributed by atoms with Gasteiger partial charge in [0.05, 0.1) is 0 Å². The summed E-state index contributed by atoms with van der Waals surface area (Å²) >= 11 is 0. The molecule has 1 fully saturated rings. The number of hydrogen-bond acceptors (Lipinski definition) is 3. The van der Waals surface area contributed by atoms with Crippen molar-refractivity contribution in [1.29, 1.82) is 0 Å². The molecule has 0 radical (unpaired) electrons. The van der Waals surface area contributed by atoms with Gasteiger partial charge in [-0.2, -0.15) is 0 Å². The topological polar surface area (TPSA) is 71.4 Å². The van der Waals surface area contributed by atoms with Crippen LogP contribution in [0.25, 0.3) is 0 Å². The van der Waals surface area contributed by atoms with E-state index in [-0.39, 0.29) is 29.8 Å². The van der Waals surface area contributed by atoms with E-state index in [1.54, 1.807) is 6.08 Å². The first-order chi connectivity index (χ1) is 12.0. The van der Waals surface area contributed by atoms with Gasteiger partial charge in [0.2, 0.25) is 0 Å². The maximum absolute atomic E-state index is 12.0. The SMILES string of the molecule is CCCCCCC(=O)C=CC1CCC(=O)C1CC#CCCCC(=O)O. The lowest BCUT2D eigenvalue weighted by Gasteiger charge is -2.11. The van der Waals surface area contributed by atoms with Crippen LogP contribution in [0.3, 0.4) is 0 Å². The molecule has 1 aliphatic rings. The summed E-state index contributed by atoms with van der Waals surface area (Å²) in [6.07, 6.45) is 11.6. The number of allylic oxidation sites excluding steroid dienone is 2. The average molecular weight is 346 g/mol. The average Bonchev–Trinajstić information content (AvgIpc) is 2.93. The summed E-state index contributed by atoms with van der Waals surface area (Å²) in [4.78, 5) is 34.3. The van der Waals surface area contributed by atoms with E-state index in [0.29, 0.717) is 32.1 Å². The number of carbonyl (C=O) groups excluding carboxylic acids is 2. The Balaban J connectivity index is 2.38. The summed E-state index contributed by atoms with van der Waals surface area (Å²) in [5.74, 6) is 5.53. The molecule has 1 aliphatic carbocycles. The first-order valence-electron chi connectivity index (χ1n) is 9.45. The lowest BCUT2D eigenvalue weighted by atomic mass is 9.91. The third kappa shape index (κ3) is 9.24. The van der Waals surface area contributed by atoms with Gasteiger partial charge in [0.1, 0.15) is 5.78 Å².